The largest absolute Gasteiger partial charge is 0.393 e. The number of imide groups is 1. The first kappa shape index (κ1) is 13.7. The van der Waals surface area contributed by atoms with Gasteiger partial charge < -0.3 is 5.11 Å². The number of hydrogen-bond acceptors (Lipinski definition) is 4. The predicted molar refractivity (Wildman–Crippen MR) is 70.7 cm³/mol. The third kappa shape index (κ3) is 2.83. The van der Waals surface area contributed by atoms with Gasteiger partial charge in [0, 0.05) is 6.54 Å². The lowest BCUT2D eigenvalue weighted by molar-refractivity contribution is 0.0553. The number of carbonyl (C=O) groups excluding carboxylic acids is 2. The molecule has 1 N–H and O–H groups in total. The molecule has 2 amide bonds. The summed E-state index contributed by atoms with van der Waals surface area (Å²) in [5.74, 6) is -0.492. The minimum atomic E-state index is -0.385. The summed E-state index contributed by atoms with van der Waals surface area (Å²) >= 11 is 0. The van der Waals surface area contributed by atoms with Crippen molar-refractivity contribution in [1.82, 2.24) is 9.80 Å². The van der Waals surface area contributed by atoms with E-state index in [2.05, 4.69) is 0 Å². The Kier molecular flexibility index (Phi) is 3.97. The summed E-state index contributed by atoms with van der Waals surface area (Å²) in [4.78, 5) is 27.3. The Morgan fingerprint density at radius 2 is 1.74 bits per heavy atom. The molecule has 19 heavy (non-hydrogen) atoms. The Bertz CT molecular complexity index is 464. The molecule has 1 heterocycles. The standard InChI is InChI=1S/C14H18N2O3/c1-10(17)7-8-15(2)9-16-13(18)11-5-3-4-6-12(11)14(16)19/h3-6,10,17H,7-9H2,1-2H3. The van der Waals surface area contributed by atoms with Crippen LogP contribution in [0.2, 0.25) is 0 Å². The number of aliphatic hydroxyl groups is 1. The third-order valence-electron chi connectivity index (χ3n) is 3.19. The molecule has 0 bridgehead atoms. The first-order valence-corrected chi connectivity index (χ1v) is 6.32. The minimum Gasteiger partial charge on any atom is -0.393 e. The second-order valence-electron chi connectivity index (χ2n) is 4.94. The van der Waals surface area contributed by atoms with Crippen molar-refractivity contribution in [2.75, 3.05) is 20.3 Å². The maximum atomic E-state index is 12.1. The highest BCUT2D eigenvalue weighted by Gasteiger charge is 2.35. The van der Waals surface area contributed by atoms with E-state index in [9.17, 15) is 14.7 Å². The Morgan fingerprint density at radius 3 is 2.21 bits per heavy atom. The molecule has 0 saturated heterocycles. The van der Waals surface area contributed by atoms with E-state index < -0.39 is 0 Å². The minimum absolute atomic E-state index is 0.246. The monoisotopic (exact) mass is 262 g/mol. The Morgan fingerprint density at radius 1 is 1.21 bits per heavy atom. The van der Waals surface area contributed by atoms with Crippen LogP contribution in [0.1, 0.15) is 34.1 Å². The van der Waals surface area contributed by atoms with Gasteiger partial charge in [0.15, 0.2) is 0 Å². The van der Waals surface area contributed by atoms with E-state index in [-0.39, 0.29) is 24.6 Å². The molecule has 0 spiro atoms. The molecule has 0 aromatic heterocycles. The Balaban J connectivity index is 2.04. The maximum Gasteiger partial charge on any atom is 0.262 e. The van der Waals surface area contributed by atoms with Gasteiger partial charge >= 0.3 is 0 Å². The fraction of sp³-hybridized carbons (Fsp3) is 0.429. The van der Waals surface area contributed by atoms with Crippen molar-refractivity contribution < 1.29 is 14.7 Å². The number of nitrogens with zero attached hydrogens (tertiary/aromatic N) is 2. The van der Waals surface area contributed by atoms with Gasteiger partial charge in [0.25, 0.3) is 11.8 Å². The number of rotatable bonds is 5. The highest BCUT2D eigenvalue weighted by molar-refractivity contribution is 6.21. The van der Waals surface area contributed by atoms with Crippen molar-refractivity contribution >= 4 is 11.8 Å². The number of amides is 2. The van der Waals surface area contributed by atoms with Crippen LogP contribution in [-0.2, 0) is 0 Å². The van der Waals surface area contributed by atoms with Gasteiger partial charge in [0.05, 0.1) is 23.9 Å². The molecule has 1 aromatic carbocycles. The normalized spacial score (nSPS) is 16.1. The molecule has 1 aromatic rings. The first-order chi connectivity index (χ1) is 9.00. The van der Waals surface area contributed by atoms with Gasteiger partial charge in [-0.15, -0.1) is 0 Å². The molecule has 0 radical (unpaired) electrons. The zero-order chi connectivity index (χ0) is 14.0. The van der Waals surface area contributed by atoms with Crippen LogP contribution in [0.3, 0.4) is 0 Å². The van der Waals surface area contributed by atoms with Crippen LogP contribution in [0.5, 0.6) is 0 Å². The third-order valence-corrected chi connectivity index (χ3v) is 3.19. The summed E-state index contributed by atoms with van der Waals surface area (Å²) in [5, 5.41) is 9.23. The number of fused-ring (bicyclic) bond motifs is 1. The lowest BCUT2D eigenvalue weighted by Gasteiger charge is -2.23. The smallest absolute Gasteiger partial charge is 0.262 e. The van der Waals surface area contributed by atoms with E-state index in [1.54, 1.807) is 31.2 Å². The molecule has 1 atom stereocenters. The van der Waals surface area contributed by atoms with Crippen LogP contribution in [0, 0.1) is 0 Å². The van der Waals surface area contributed by atoms with E-state index >= 15 is 0 Å². The van der Waals surface area contributed by atoms with Gasteiger partial charge in [-0.2, -0.15) is 0 Å². The average Bonchev–Trinajstić information content (AvgIpc) is 2.62. The molecule has 2 rings (SSSR count). The summed E-state index contributed by atoms with van der Waals surface area (Å²) in [6.45, 7) is 2.60. The molecule has 102 valence electrons. The van der Waals surface area contributed by atoms with Crippen LogP contribution in [0.4, 0.5) is 0 Å². The summed E-state index contributed by atoms with van der Waals surface area (Å²) in [6.07, 6.45) is 0.226. The molecule has 1 aliphatic heterocycles. The molecule has 0 saturated carbocycles. The summed E-state index contributed by atoms with van der Waals surface area (Å²) in [5.41, 5.74) is 0.938. The number of carbonyl (C=O) groups is 2. The van der Waals surface area contributed by atoms with Crippen molar-refractivity contribution in [2.24, 2.45) is 0 Å². The van der Waals surface area contributed by atoms with Gasteiger partial charge in [-0.25, -0.2) is 0 Å². The van der Waals surface area contributed by atoms with Crippen LogP contribution < -0.4 is 0 Å². The second-order valence-corrected chi connectivity index (χ2v) is 4.94. The number of benzene rings is 1. The molecule has 1 unspecified atom stereocenters. The van der Waals surface area contributed by atoms with Crippen molar-refractivity contribution in [3.63, 3.8) is 0 Å². The molecule has 5 heteroatoms. The Hall–Kier alpha value is -1.72. The van der Waals surface area contributed by atoms with E-state index in [0.717, 1.165) is 0 Å². The van der Waals surface area contributed by atoms with E-state index in [4.69, 9.17) is 0 Å². The Labute approximate surface area is 112 Å². The van der Waals surface area contributed by atoms with Gasteiger partial charge in [0.2, 0.25) is 0 Å². The van der Waals surface area contributed by atoms with Gasteiger partial charge in [-0.05, 0) is 32.5 Å². The van der Waals surface area contributed by atoms with Crippen molar-refractivity contribution in [3.8, 4) is 0 Å². The van der Waals surface area contributed by atoms with Gasteiger partial charge in [-0.1, -0.05) is 12.1 Å². The topological polar surface area (TPSA) is 60.9 Å². The van der Waals surface area contributed by atoms with Crippen molar-refractivity contribution in [1.29, 1.82) is 0 Å². The highest BCUT2D eigenvalue weighted by atomic mass is 16.3. The lowest BCUT2D eigenvalue weighted by Crippen LogP contribution is -2.40. The van der Waals surface area contributed by atoms with Crippen molar-refractivity contribution in [3.05, 3.63) is 35.4 Å². The van der Waals surface area contributed by atoms with E-state index in [1.807, 2.05) is 11.9 Å². The fourth-order valence-electron chi connectivity index (χ4n) is 2.09. The number of hydrogen-bond donors (Lipinski definition) is 1. The second kappa shape index (κ2) is 5.50. The van der Waals surface area contributed by atoms with Crippen LogP contribution in [0.15, 0.2) is 24.3 Å². The summed E-state index contributed by atoms with van der Waals surface area (Å²) in [7, 11) is 1.83. The van der Waals surface area contributed by atoms with Crippen LogP contribution in [0.25, 0.3) is 0 Å². The molecule has 1 aliphatic rings. The highest BCUT2D eigenvalue weighted by Crippen LogP contribution is 2.22. The zero-order valence-corrected chi connectivity index (χ0v) is 11.2. The van der Waals surface area contributed by atoms with Crippen LogP contribution in [-0.4, -0.2) is 53.1 Å². The zero-order valence-electron chi connectivity index (χ0n) is 11.2. The summed E-state index contributed by atoms with van der Waals surface area (Å²) in [6, 6.07) is 6.85. The first-order valence-electron chi connectivity index (χ1n) is 6.32. The average molecular weight is 262 g/mol. The van der Waals surface area contributed by atoms with Gasteiger partial charge in [-0.3, -0.25) is 19.4 Å². The molecular weight excluding hydrogens is 244 g/mol. The number of aliphatic hydroxyl groups excluding tert-OH is 1. The quantitative estimate of drug-likeness (QED) is 0.802. The SMILES string of the molecule is CC(O)CCN(C)CN1C(=O)c2ccccc2C1=O. The maximum absolute atomic E-state index is 12.1. The van der Waals surface area contributed by atoms with E-state index in [1.165, 1.54) is 4.90 Å². The molecule has 0 fully saturated rings. The fourth-order valence-corrected chi connectivity index (χ4v) is 2.09. The van der Waals surface area contributed by atoms with E-state index in [0.29, 0.717) is 24.1 Å². The molecule has 5 nitrogen and oxygen atoms in total. The van der Waals surface area contributed by atoms with Crippen molar-refractivity contribution in [2.45, 2.75) is 19.4 Å². The lowest BCUT2D eigenvalue weighted by atomic mass is 10.1. The molecular formula is C14H18N2O3. The van der Waals surface area contributed by atoms with Crippen LogP contribution >= 0.6 is 0 Å². The predicted octanol–water partition coefficient (Wildman–Crippen LogP) is 0.943. The molecule has 0 aliphatic carbocycles. The van der Waals surface area contributed by atoms with Gasteiger partial charge in [0.1, 0.15) is 0 Å². The summed E-state index contributed by atoms with van der Waals surface area (Å²) < 4.78 is 0.